The molecule has 1 amide bonds. The molecule has 1 spiro atoms. The molecule has 1 aromatic rings. The lowest BCUT2D eigenvalue weighted by atomic mass is 9.48. The Morgan fingerprint density at radius 1 is 1.32 bits per heavy atom. The number of carboxylic acid groups (broad SMARTS) is 1. The van der Waals surface area contributed by atoms with Crippen LogP contribution < -0.4 is 15.4 Å². The van der Waals surface area contributed by atoms with Gasteiger partial charge in [0.2, 0.25) is 5.91 Å². The summed E-state index contributed by atoms with van der Waals surface area (Å²) in [5, 5.41) is 25.1. The van der Waals surface area contributed by atoms with Gasteiger partial charge in [0.1, 0.15) is 12.6 Å². The van der Waals surface area contributed by atoms with Crippen LogP contribution in [-0.4, -0.2) is 84.6 Å². The van der Waals surface area contributed by atoms with Gasteiger partial charge in [0.25, 0.3) is 0 Å². The lowest BCUT2D eigenvalue weighted by molar-refractivity contribution is -0.203. The highest BCUT2D eigenvalue weighted by atomic mass is 16.5. The number of carbonyl (C=O) groups is 2. The van der Waals surface area contributed by atoms with Crippen LogP contribution in [0.3, 0.4) is 0 Å². The van der Waals surface area contributed by atoms with Crippen molar-refractivity contribution in [1.82, 2.24) is 15.5 Å². The maximum Gasteiger partial charge on any atom is 0.322 e. The van der Waals surface area contributed by atoms with Gasteiger partial charge in [-0.3, -0.25) is 9.59 Å². The molecule has 1 saturated carbocycles. The summed E-state index contributed by atoms with van der Waals surface area (Å²) in [6.45, 7) is 0.501. The fourth-order valence-corrected chi connectivity index (χ4v) is 6.81. The molecule has 4 aliphatic rings. The normalized spacial score (nSPS) is 35.2. The number of hydrogen-bond donors (Lipinski definition) is 4. The van der Waals surface area contributed by atoms with Gasteiger partial charge in [0, 0.05) is 24.8 Å². The van der Waals surface area contributed by atoms with Gasteiger partial charge in [0.05, 0.1) is 17.6 Å². The molecule has 4 N–H and O–H groups in total. The number of ether oxygens (including phenoxy) is 2. The minimum absolute atomic E-state index is 0.00633. The maximum absolute atomic E-state index is 12.1. The Kier molecular flexibility index (Phi) is 4.69. The Labute approximate surface area is 180 Å². The third-order valence-electron chi connectivity index (χ3n) is 8.02. The molecule has 2 fully saturated rings. The number of carbonyl (C=O) groups excluding carboxylic acids is 1. The number of benzene rings is 1. The summed E-state index contributed by atoms with van der Waals surface area (Å²) in [5.74, 6) is -0.752. The summed E-state index contributed by atoms with van der Waals surface area (Å²) in [6, 6.07) is 3.80. The molecule has 31 heavy (non-hydrogen) atoms. The molecular weight excluding hydrogens is 402 g/mol. The Morgan fingerprint density at radius 3 is 2.87 bits per heavy atom. The Morgan fingerprint density at radius 2 is 2.13 bits per heavy atom. The first-order valence-corrected chi connectivity index (χ1v) is 10.8. The quantitative estimate of drug-likeness (QED) is 0.497. The number of nitrogens with zero attached hydrogens (tertiary/aromatic N) is 1. The Bertz CT molecular complexity index is 938. The highest BCUT2D eigenvalue weighted by Gasteiger charge is 2.73. The zero-order chi connectivity index (χ0) is 22.0. The lowest BCUT2D eigenvalue weighted by Gasteiger charge is -2.65. The molecule has 9 nitrogen and oxygen atoms in total. The van der Waals surface area contributed by atoms with Gasteiger partial charge in [-0.1, -0.05) is 6.07 Å². The number of likely N-dealkylation sites (N-methyl/N-ethyl adjacent to an activating group) is 1. The van der Waals surface area contributed by atoms with Crippen LogP contribution in [-0.2, 0) is 26.2 Å². The molecular formula is C22H29N3O6. The molecule has 1 aromatic carbocycles. The molecule has 2 aliphatic carbocycles. The number of nitrogens with one attached hydrogen (secondary N) is 2. The van der Waals surface area contributed by atoms with Crippen LogP contribution in [0, 0.1) is 0 Å². The molecule has 5 atom stereocenters. The van der Waals surface area contributed by atoms with Crippen molar-refractivity contribution in [1.29, 1.82) is 0 Å². The van der Waals surface area contributed by atoms with E-state index in [1.54, 1.807) is 13.2 Å². The van der Waals surface area contributed by atoms with Gasteiger partial charge in [0.15, 0.2) is 11.5 Å². The highest BCUT2D eigenvalue weighted by Crippen LogP contribution is 2.66. The van der Waals surface area contributed by atoms with Gasteiger partial charge < -0.3 is 35.2 Å². The second-order valence-electron chi connectivity index (χ2n) is 9.20. The number of aromatic hydroxyl groups is 1. The number of methoxy groups -OCH3 is 1. The number of rotatable bonds is 6. The number of likely N-dealkylation sites (tertiary alicyclic amines) is 1. The van der Waals surface area contributed by atoms with Gasteiger partial charge in [-0.05, 0) is 50.9 Å². The predicted molar refractivity (Wildman–Crippen MR) is 110 cm³/mol. The topological polar surface area (TPSA) is 120 Å². The van der Waals surface area contributed by atoms with Crippen molar-refractivity contribution in [2.24, 2.45) is 0 Å². The zero-order valence-electron chi connectivity index (χ0n) is 17.8. The van der Waals surface area contributed by atoms with Crippen LogP contribution in [0.5, 0.6) is 11.5 Å². The molecule has 9 heteroatoms. The average Bonchev–Trinajstić information content (AvgIpc) is 3.11. The van der Waals surface area contributed by atoms with Gasteiger partial charge in [-0.25, -0.2) is 0 Å². The van der Waals surface area contributed by atoms with Crippen molar-refractivity contribution in [2.45, 2.75) is 54.9 Å². The smallest absolute Gasteiger partial charge is 0.322 e. The van der Waals surface area contributed by atoms with Crippen molar-refractivity contribution in [3.63, 3.8) is 0 Å². The van der Waals surface area contributed by atoms with Gasteiger partial charge in [-0.2, -0.15) is 0 Å². The van der Waals surface area contributed by atoms with E-state index in [0.717, 1.165) is 37.8 Å². The van der Waals surface area contributed by atoms with Crippen LogP contribution in [0.15, 0.2) is 12.1 Å². The van der Waals surface area contributed by atoms with Crippen LogP contribution in [0.4, 0.5) is 0 Å². The standard InChI is InChI=1S/C22H29N3O6/c1-25-8-7-21-18-12-3-4-14(26)19(18)31-20(21)13(23-10-16(27)24-11-17(28)29)5-6-22(21,30-2)15(25)9-12/h3-4,13,15,20,23,26H,5-11H2,1-2H3,(H,24,27)(H,28,29)/t13-,15?,20-,21?,22+/m0/s1. The van der Waals surface area contributed by atoms with E-state index in [-0.39, 0.29) is 36.4 Å². The van der Waals surface area contributed by atoms with E-state index in [0.29, 0.717) is 5.75 Å². The SMILES string of the molecule is CO[C@@]12CC[C@H](NCC(=O)NCC(=O)O)[C@@H]3Oc4c(O)ccc5c4C31CCN(C)C2C5. The van der Waals surface area contributed by atoms with Crippen molar-refractivity contribution in [3.05, 3.63) is 23.3 Å². The number of piperidine rings is 1. The zero-order valence-corrected chi connectivity index (χ0v) is 17.8. The summed E-state index contributed by atoms with van der Waals surface area (Å²) < 4.78 is 12.9. The molecule has 0 radical (unpaired) electrons. The minimum Gasteiger partial charge on any atom is -0.504 e. The number of phenols is 1. The van der Waals surface area contributed by atoms with Crippen molar-refractivity contribution < 1.29 is 29.3 Å². The fourth-order valence-electron chi connectivity index (χ4n) is 6.81. The number of phenolic OH excluding ortho intramolecular Hbond substituents is 1. The summed E-state index contributed by atoms with van der Waals surface area (Å²) in [5.41, 5.74) is 1.43. The van der Waals surface area contributed by atoms with E-state index >= 15 is 0 Å². The molecule has 2 aliphatic heterocycles. The van der Waals surface area contributed by atoms with Crippen LogP contribution >= 0.6 is 0 Å². The molecule has 168 valence electrons. The number of aliphatic carboxylic acids is 1. The van der Waals surface area contributed by atoms with Crippen molar-refractivity contribution in [2.75, 3.05) is 33.8 Å². The fraction of sp³-hybridized carbons (Fsp3) is 0.636. The van der Waals surface area contributed by atoms with E-state index < -0.39 is 23.5 Å². The number of carboxylic acids is 1. The third-order valence-corrected chi connectivity index (χ3v) is 8.02. The second-order valence-corrected chi connectivity index (χ2v) is 9.20. The monoisotopic (exact) mass is 431 g/mol. The maximum atomic E-state index is 12.1. The summed E-state index contributed by atoms with van der Waals surface area (Å²) in [7, 11) is 3.93. The van der Waals surface area contributed by atoms with Crippen LogP contribution in [0.25, 0.3) is 0 Å². The average molecular weight is 431 g/mol. The van der Waals surface area contributed by atoms with E-state index in [1.807, 2.05) is 6.07 Å². The first kappa shape index (κ1) is 20.5. The van der Waals surface area contributed by atoms with E-state index in [9.17, 15) is 14.7 Å². The van der Waals surface area contributed by atoms with Gasteiger partial charge in [-0.15, -0.1) is 0 Å². The minimum atomic E-state index is -1.08. The number of hydrogen-bond acceptors (Lipinski definition) is 7. The van der Waals surface area contributed by atoms with E-state index in [1.165, 1.54) is 5.56 Å². The van der Waals surface area contributed by atoms with Crippen LogP contribution in [0.1, 0.15) is 30.4 Å². The molecule has 2 bridgehead atoms. The Balaban J connectivity index is 1.51. The van der Waals surface area contributed by atoms with Crippen LogP contribution in [0.2, 0.25) is 0 Å². The molecule has 2 heterocycles. The summed E-state index contributed by atoms with van der Waals surface area (Å²) in [4.78, 5) is 25.2. The third kappa shape index (κ3) is 2.66. The highest BCUT2D eigenvalue weighted by molar-refractivity contribution is 5.82. The van der Waals surface area contributed by atoms with E-state index in [2.05, 4.69) is 22.6 Å². The first-order valence-electron chi connectivity index (χ1n) is 10.8. The van der Waals surface area contributed by atoms with Gasteiger partial charge >= 0.3 is 5.97 Å². The number of amides is 1. The lowest BCUT2D eigenvalue weighted by Crippen LogP contribution is -2.78. The summed E-state index contributed by atoms with van der Waals surface area (Å²) in [6.07, 6.45) is 2.96. The van der Waals surface area contributed by atoms with Crippen molar-refractivity contribution >= 4 is 11.9 Å². The molecule has 5 rings (SSSR count). The molecule has 1 saturated heterocycles. The summed E-state index contributed by atoms with van der Waals surface area (Å²) >= 11 is 0. The Hall–Kier alpha value is -2.36. The second kappa shape index (κ2) is 7.08. The first-order chi connectivity index (χ1) is 14.8. The molecule has 0 aromatic heterocycles. The van der Waals surface area contributed by atoms with E-state index in [4.69, 9.17) is 14.6 Å². The van der Waals surface area contributed by atoms with Crippen molar-refractivity contribution in [3.8, 4) is 11.5 Å². The molecule has 2 unspecified atom stereocenters. The largest absolute Gasteiger partial charge is 0.504 e. The predicted octanol–water partition coefficient (Wildman–Crippen LogP) is -0.0108.